The fourth-order valence-electron chi connectivity index (χ4n) is 2.60. The van der Waals surface area contributed by atoms with Crippen LogP contribution in [0.3, 0.4) is 0 Å². The Balaban J connectivity index is 1.67. The molecule has 1 unspecified atom stereocenters. The fraction of sp³-hybridized carbons (Fsp3) is 0.400. The van der Waals surface area contributed by atoms with E-state index in [0.717, 1.165) is 12.1 Å². The first-order valence-electron chi connectivity index (χ1n) is 7.07. The second-order valence-corrected chi connectivity index (χ2v) is 5.54. The van der Waals surface area contributed by atoms with Gasteiger partial charge in [-0.05, 0) is 17.7 Å². The lowest BCUT2D eigenvalue weighted by atomic mass is 10.1. The Bertz CT molecular complexity index is 710. The van der Waals surface area contributed by atoms with Gasteiger partial charge in [0.25, 0.3) is 0 Å². The van der Waals surface area contributed by atoms with Crippen LogP contribution < -0.4 is 0 Å². The number of alkyl halides is 3. The molecular weight excluding hydrogens is 311 g/mol. The zero-order chi connectivity index (χ0) is 16.6. The molecule has 1 saturated heterocycles. The number of likely N-dealkylation sites (tertiary alicyclic amines) is 1. The van der Waals surface area contributed by atoms with Crippen LogP contribution in [0.1, 0.15) is 35.2 Å². The van der Waals surface area contributed by atoms with Crippen LogP contribution in [0.5, 0.6) is 0 Å². The Morgan fingerprint density at radius 3 is 2.57 bits per heavy atom. The van der Waals surface area contributed by atoms with Crippen LogP contribution in [0.15, 0.2) is 28.8 Å². The minimum atomic E-state index is -4.36. The third-order valence-corrected chi connectivity index (χ3v) is 3.78. The maximum absolute atomic E-state index is 12.5. The van der Waals surface area contributed by atoms with Gasteiger partial charge in [-0.3, -0.25) is 4.79 Å². The summed E-state index contributed by atoms with van der Waals surface area (Å²) in [6.45, 7) is 2.37. The summed E-state index contributed by atoms with van der Waals surface area (Å²) in [6.07, 6.45) is -4.08. The predicted molar refractivity (Wildman–Crippen MR) is 73.3 cm³/mol. The number of hydrogen-bond acceptors (Lipinski definition) is 4. The highest BCUT2D eigenvalue weighted by atomic mass is 19.4. The molecule has 0 spiro atoms. The van der Waals surface area contributed by atoms with E-state index in [1.807, 2.05) is 0 Å². The zero-order valence-electron chi connectivity index (χ0n) is 12.3. The number of aromatic nitrogens is 2. The Morgan fingerprint density at radius 1 is 1.30 bits per heavy atom. The van der Waals surface area contributed by atoms with Crippen LogP contribution in [0, 0.1) is 6.92 Å². The van der Waals surface area contributed by atoms with E-state index < -0.39 is 11.7 Å². The molecule has 0 bridgehead atoms. The number of hydrogen-bond donors (Lipinski definition) is 0. The molecule has 1 aliphatic heterocycles. The Morgan fingerprint density at radius 2 is 2.00 bits per heavy atom. The van der Waals surface area contributed by atoms with Gasteiger partial charge in [-0.2, -0.15) is 18.2 Å². The second kappa shape index (κ2) is 5.68. The maximum Gasteiger partial charge on any atom is 0.416 e. The van der Waals surface area contributed by atoms with Gasteiger partial charge in [-0.1, -0.05) is 17.3 Å². The molecular formula is C15H14F3N3O2. The molecule has 2 heterocycles. The monoisotopic (exact) mass is 325 g/mol. The molecule has 23 heavy (non-hydrogen) atoms. The number of halogens is 3. The van der Waals surface area contributed by atoms with Gasteiger partial charge >= 0.3 is 6.18 Å². The van der Waals surface area contributed by atoms with Gasteiger partial charge in [0.2, 0.25) is 11.8 Å². The van der Waals surface area contributed by atoms with Crippen molar-refractivity contribution < 1.29 is 22.5 Å². The summed E-state index contributed by atoms with van der Waals surface area (Å²) in [7, 11) is 0. The molecule has 8 heteroatoms. The molecule has 2 aromatic rings. The number of benzene rings is 1. The van der Waals surface area contributed by atoms with Gasteiger partial charge in [0.1, 0.15) is 0 Å². The Hall–Kier alpha value is -2.38. The van der Waals surface area contributed by atoms with Gasteiger partial charge in [-0.15, -0.1) is 0 Å². The minimum absolute atomic E-state index is 0.0719. The van der Waals surface area contributed by atoms with Crippen molar-refractivity contribution in [1.29, 1.82) is 0 Å². The quantitative estimate of drug-likeness (QED) is 0.870. The van der Waals surface area contributed by atoms with E-state index in [4.69, 9.17) is 4.52 Å². The standard InChI is InChI=1S/C15H14F3N3O2/c1-9-19-14(20-23-9)11-6-13(22)21(8-11)7-10-2-4-12(5-3-10)15(16,17)18/h2-5,11H,6-8H2,1H3. The van der Waals surface area contributed by atoms with Crippen molar-refractivity contribution >= 4 is 5.91 Å². The van der Waals surface area contributed by atoms with Crippen molar-refractivity contribution in [3.05, 3.63) is 47.1 Å². The van der Waals surface area contributed by atoms with Crippen LogP contribution in [0.25, 0.3) is 0 Å². The van der Waals surface area contributed by atoms with Crippen molar-refractivity contribution in [2.24, 2.45) is 0 Å². The molecule has 3 rings (SSSR count). The molecule has 1 aliphatic rings. The SMILES string of the molecule is Cc1nc(C2CC(=O)N(Cc3ccc(C(F)(F)F)cc3)C2)no1. The first-order valence-corrected chi connectivity index (χ1v) is 7.07. The van der Waals surface area contributed by atoms with Crippen molar-refractivity contribution in [1.82, 2.24) is 15.0 Å². The molecule has 1 aromatic heterocycles. The Labute approximate surface area is 130 Å². The van der Waals surface area contributed by atoms with Crippen LogP contribution >= 0.6 is 0 Å². The maximum atomic E-state index is 12.5. The number of amides is 1. The molecule has 1 aromatic carbocycles. The van der Waals surface area contributed by atoms with Gasteiger partial charge in [0, 0.05) is 32.4 Å². The van der Waals surface area contributed by atoms with E-state index in [0.29, 0.717) is 23.8 Å². The zero-order valence-corrected chi connectivity index (χ0v) is 12.3. The largest absolute Gasteiger partial charge is 0.416 e. The first-order chi connectivity index (χ1) is 10.8. The van der Waals surface area contributed by atoms with E-state index >= 15 is 0 Å². The predicted octanol–water partition coefficient (Wildman–Crippen LogP) is 2.91. The highest BCUT2D eigenvalue weighted by Gasteiger charge is 2.34. The van der Waals surface area contributed by atoms with Gasteiger partial charge in [0.15, 0.2) is 5.82 Å². The van der Waals surface area contributed by atoms with E-state index in [-0.39, 0.29) is 24.8 Å². The normalized spacial score (nSPS) is 18.7. The van der Waals surface area contributed by atoms with Gasteiger partial charge in [-0.25, -0.2) is 0 Å². The molecule has 5 nitrogen and oxygen atoms in total. The summed E-state index contributed by atoms with van der Waals surface area (Å²) in [5.41, 5.74) is -0.0505. The van der Waals surface area contributed by atoms with E-state index in [2.05, 4.69) is 10.1 Å². The summed E-state index contributed by atoms with van der Waals surface area (Å²) in [5, 5.41) is 3.82. The minimum Gasteiger partial charge on any atom is -0.340 e. The van der Waals surface area contributed by atoms with Crippen LogP contribution in [-0.4, -0.2) is 27.5 Å². The van der Waals surface area contributed by atoms with Crippen molar-refractivity contribution in [3.63, 3.8) is 0 Å². The Kier molecular flexibility index (Phi) is 3.83. The van der Waals surface area contributed by atoms with Crippen LogP contribution in [0.4, 0.5) is 13.2 Å². The van der Waals surface area contributed by atoms with E-state index in [1.54, 1.807) is 11.8 Å². The number of carbonyl (C=O) groups excluding carboxylic acids is 1. The summed E-state index contributed by atoms with van der Waals surface area (Å²) >= 11 is 0. The highest BCUT2D eigenvalue weighted by molar-refractivity contribution is 5.79. The third-order valence-electron chi connectivity index (χ3n) is 3.78. The molecule has 0 saturated carbocycles. The van der Waals surface area contributed by atoms with E-state index in [9.17, 15) is 18.0 Å². The lowest BCUT2D eigenvalue weighted by Crippen LogP contribution is -2.24. The van der Waals surface area contributed by atoms with Crippen molar-refractivity contribution in [3.8, 4) is 0 Å². The van der Waals surface area contributed by atoms with Crippen molar-refractivity contribution in [2.75, 3.05) is 6.54 Å². The molecule has 0 aliphatic carbocycles. The third kappa shape index (κ3) is 3.35. The molecule has 122 valence electrons. The van der Waals surface area contributed by atoms with Gasteiger partial charge < -0.3 is 9.42 Å². The lowest BCUT2D eigenvalue weighted by molar-refractivity contribution is -0.137. The van der Waals surface area contributed by atoms with Crippen molar-refractivity contribution in [2.45, 2.75) is 32.0 Å². The summed E-state index contributed by atoms with van der Waals surface area (Å²) in [4.78, 5) is 17.8. The molecule has 1 atom stereocenters. The molecule has 1 fully saturated rings. The molecule has 0 N–H and O–H groups in total. The molecule has 0 radical (unpaired) electrons. The van der Waals surface area contributed by atoms with Gasteiger partial charge in [0.05, 0.1) is 5.56 Å². The topological polar surface area (TPSA) is 59.2 Å². The summed E-state index contributed by atoms with van der Waals surface area (Å²) in [6, 6.07) is 4.83. The fourth-order valence-corrected chi connectivity index (χ4v) is 2.60. The highest BCUT2D eigenvalue weighted by Crippen LogP contribution is 2.30. The number of rotatable bonds is 3. The number of nitrogens with zero attached hydrogens (tertiary/aromatic N) is 3. The number of carbonyl (C=O) groups is 1. The number of aryl methyl sites for hydroxylation is 1. The average molecular weight is 325 g/mol. The van der Waals surface area contributed by atoms with E-state index in [1.165, 1.54) is 12.1 Å². The first kappa shape index (κ1) is 15.5. The van der Waals surface area contributed by atoms with Crippen LogP contribution in [0.2, 0.25) is 0 Å². The smallest absolute Gasteiger partial charge is 0.340 e. The average Bonchev–Trinajstić information content (AvgIpc) is 3.05. The lowest BCUT2D eigenvalue weighted by Gasteiger charge is -2.16. The molecule has 1 amide bonds. The summed E-state index contributed by atoms with van der Waals surface area (Å²) < 4.78 is 42.5. The van der Waals surface area contributed by atoms with Crippen LogP contribution in [-0.2, 0) is 17.5 Å². The second-order valence-electron chi connectivity index (χ2n) is 5.54. The summed E-state index contributed by atoms with van der Waals surface area (Å²) in [5.74, 6) is 0.714.